The minimum Gasteiger partial charge on any atom is -0.389 e. The van der Waals surface area contributed by atoms with Crippen LogP contribution in [0.25, 0.3) is 0 Å². The lowest BCUT2D eigenvalue weighted by Crippen LogP contribution is -2.12. The van der Waals surface area contributed by atoms with Crippen LogP contribution in [0.4, 0.5) is 0 Å². The Labute approximate surface area is 68.1 Å². The summed E-state index contributed by atoms with van der Waals surface area (Å²) in [5.74, 6) is 1.36. The summed E-state index contributed by atoms with van der Waals surface area (Å²) in [7, 11) is 0. The average molecular weight is 152 g/mol. The van der Waals surface area contributed by atoms with Crippen molar-refractivity contribution in [1.29, 1.82) is 0 Å². The summed E-state index contributed by atoms with van der Waals surface area (Å²) in [5, 5.41) is 9.51. The highest BCUT2D eigenvalue weighted by Crippen LogP contribution is 2.69. The fourth-order valence-electron chi connectivity index (χ4n) is 2.64. The molecule has 0 aromatic rings. The van der Waals surface area contributed by atoms with Gasteiger partial charge in [-0.3, -0.25) is 0 Å². The minimum atomic E-state index is -0.198. The van der Waals surface area contributed by atoms with Crippen molar-refractivity contribution < 1.29 is 5.11 Å². The van der Waals surface area contributed by atoms with E-state index in [9.17, 15) is 5.11 Å². The molecule has 0 saturated heterocycles. The van der Waals surface area contributed by atoms with Crippen LogP contribution in [0.3, 0.4) is 0 Å². The second kappa shape index (κ2) is 1.89. The van der Waals surface area contributed by atoms with E-state index < -0.39 is 0 Å². The average Bonchev–Trinajstić information content (AvgIpc) is 2.57. The first-order valence-corrected chi connectivity index (χ1v) is 4.44. The van der Waals surface area contributed by atoms with Gasteiger partial charge in [-0.25, -0.2) is 0 Å². The summed E-state index contributed by atoms with van der Waals surface area (Å²) < 4.78 is 0. The van der Waals surface area contributed by atoms with Gasteiger partial charge in [0, 0.05) is 0 Å². The van der Waals surface area contributed by atoms with Crippen molar-refractivity contribution in [3.8, 4) is 0 Å². The minimum absolute atomic E-state index is 0.198. The van der Waals surface area contributed by atoms with Crippen molar-refractivity contribution in [2.75, 3.05) is 0 Å². The van der Waals surface area contributed by atoms with Gasteiger partial charge in [-0.2, -0.15) is 0 Å². The SMILES string of the molecule is C=C1[C@H](O)C[C@]2(C(C)C)C[C@@H]12. The van der Waals surface area contributed by atoms with Gasteiger partial charge in [0.25, 0.3) is 0 Å². The van der Waals surface area contributed by atoms with Crippen LogP contribution in [0, 0.1) is 17.3 Å². The molecule has 2 rings (SSSR count). The Bertz CT molecular complexity index is 207. The maximum Gasteiger partial charge on any atom is 0.0756 e. The molecule has 1 heteroatoms. The normalized spacial score (nSPS) is 48.2. The van der Waals surface area contributed by atoms with Gasteiger partial charge in [-0.15, -0.1) is 0 Å². The molecular weight excluding hydrogens is 136 g/mol. The molecule has 2 aliphatic rings. The van der Waals surface area contributed by atoms with Gasteiger partial charge in [-0.1, -0.05) is 20.4 Å². The zero-order valence-corrected chi connectivity index (χ0v) is 7.30. The molecule has 0 aliphatic heterocycles. The first-order valence-electron chi connectivity index (χ1n) is 4.44. The quantitative estimate of drug-likeness (QED) is 0.569. The van der Waals surface area contributed by atoms with E-state index in [1.807, 2.05) is 0 Å². The third-order valence-electron chi connectivity index (χ3n) is 3.72. The fraction of sp³-hybridized carbons (Fsp3) is 0.800. The molecule has 2 fully saturated rings. The molecule has 0 radical (unpaired) electrons. The van der Waals surface area contributed by atoms with Crippen molar-refractivity contribution in [2.45, 2.75) is 32.8 Å². The Hall–Kier alpha value is -0.300. The Morgan fingerprint density at radius 1 is 1.55 bits per heavy atom. The van der Waals surface area contributed by atoms with Crippen molar-refractivity contribution in [2.24, 2.45) is 17.3 Å². The molecule has 0 bridgehead atoms. The number of rotatable bonds is 1. The second-order valence-corrected chi connectivity index (χ2v) is 4.44. The van der Waals surface area contributed by atoms with Crippen LogP contribution in [0.15, 0.2) is 12.2 Å². The molecule has 3 atom stereocenters. The van der Waals surface area contributed by atoms with Gasteiger partial charge in [-0.05, 0) is 35.7 Å². The lowest BCUT2D eigenvalue weighted by atomic mass is 9.89. The number of hydrogen-bond donors (Lipinski definition) is 1. The zero-order valence-electron chi connectivity index (χ0n) is 7.30. The van der Waals surface area contributed by atoms with Crippen LogP contribution < -0.4 is 0 Å². The molecule has 0 aromatic carbocycles. The maximum absolute atomic E-state index is 9.51. The van der Waals surface area contributed by atoms with E-state index >= 15 is 0 Å². The molecule has 62 valence electrons. The number of aliphatic hydroxyl groups excluding tert-OH is 1. The zero-order chi connectivity index (χ0) is 8.22. The van der Waals surface area contributed by atoms with Gasteiger partial charge < -0.3 is 5.11 Å². The molecule has 0 heterocycles. The highest BCUT2D eigenvalue weighted by atomic mass is 16.3. The fourth-order valence-corrected chi connectivity index (χ4v) is 2.64. The van der Waals surface area contributed by atoms with Crippen LogP contribution in [0.1, 0.15) is 26.7 Å². The summed E-state index contributed by atoms with van der Waals surface area (Å²) >= 11 is 0. The van der Waals surface area contributed by atoms with Gasteiger partial charge in [0.15, 0.2) is 0 Å². The monoisotopic (exact) mass is 152 g/mol. The third-order valence-corrected chi connectivity index (χ3v) is 3.72. The number of hydrogen-bond acceptors (Lipinski definition) is 1. The van der Waals surface area contributed by atoms with Crippen LogP contribution >= 0.6 is 0 Å². The van der Waals surface area contributed by atoms with Crippen LogP contribution in [0.2, 0.25) is 0 Å². The predicted octanol–water partition coefficient (Wildman–Crippen LogP) is 1.97. The summed E-state index contributed by atoms with van der Waals surface area (Å²) in [5.41, 5.74) is 1.55. The standard InChI is InChI=1S/C10H16O/c1-6(2)10-4-8(10)7(3)9(11)5-10/h6,8-9,11H,3-5H2,1-2H3/t8-,9+,10-/m0/s1. The van der Waals surface area contributed by atoms with Crippen molar-refractivity contribution in [3.05, 3.63) is 12.2 Å². The van der Waals surface area contributed by atoms with Crippen molar-refractivity contribution >= 4 is 0 Å². The van der Waals surface area contributed by atoms with E-state index in [0.29, 0.717) is 17.3 Å². The number of aliphatic hydroxyl groups is 1. The Balaban J connectivity index is 2.20. The Morgan fingerprint density at radius 2 is 2.18 bits per heavy atom. The van der Waals surface area contributed by atoms with Crippen LogP contribution in [-0.4, -0.2) is 11.2 Å². The predicted molar refractivity (Wildman–Crippen MR) is 45.1 cm³/mol. The lowest BCUT2D eigenvalue weighted by Gasteiger charge is -2.16. The lowest BCUT2D eigenvalue weighted by molar-refractivity contribution is 0.176. The van der Waals surface area contributed by atoms with E-state index in [1.165, 1.54) is 6.42 Å². The van der Waals surface area contributed by atoms with Crippen molar-refractivity contribution in [1.82, 2.24) is 0 Å². The Kier molecular flexibility index (Phi) is 1.26. The summed E-state index contributed by atoms with van der Waals surface area (Å²) in [6, 6.07) is 0. The van der Waals surface area contributed by atoms with Crippen LogP contribution in [0.5, 0.6) is 0 Å². The second-order valence-electron chi connectivity index (χ2n) is 4.44. The van der Waals surface area contributed by atoms with E-state index in [0.717, 1.165) is 12.0 Å². The summed E-state index contributed by atoms with van der Waals surface area (Å²) in [4.78, 5) is 0. The van der Waals surface area contributed by atoms with E-state index in [-0.39, 0.29) is 6.10 Å². The molecule has 0 amide bonds. The van der Waals surface area contributed by atoms with E-state index in [4.69, 9.17) is 0 Å². The Morgan fingerprint density at radius 3 is 2.45 bits per heavy atom. The summed E-state index contributed by atoms with van der Waals surface area (Å²) in [6.45, 7) is 8.45. The first kappa shape index (κ1) is 7.35. The molecule has 0 unspecified atom stereocenters. The molecular formula is C10H16O. The van der Waals surface area contributed by atoms with Crippen molar-refractivity contribution in [3.63, 3.8) is 0 Å². The van der Waals surface area contributed by atoms with Gasteiger partial charge in [0.1, 0.15) is 0 Å². The smallest absolute Gasteiger partial charge is 0.0756 e. The van der Waals surface area contributed by atoms with E-state index in [1.54, 1.807) is 0 Å². The molecule has 1 nitrogen and oxygen atoms in total. The maximum atomic E-state index is 9.51. The number of fused-ring (bicyclic) bond motifs is 1. The van der Waals surface area contributed by atoms with E-state index in [2.05, 4.69) is 20.4 Å². The first-order chi connectivity index (χ1) is 5.08. The molecule has 2 aliphatic carbocycles. The van der Waals surface area contributed by atoms with Gasteiger partial charge in [0.05, 0.1) is 6.10 Å². The molecule has 0 aromatic heterocycles. The molecule has 2 saturated carbocycles. The van der Waals surface area contributed by atoms with Crippen LogP contribution in [-0.2, 0) is 0 Å². The highest BCUT2D eigenvalue weighted by Gasteiger charge is 2.63. The molecule has 0 spiro atoms. The topological polar surface area (TPSA) is 20.2 Å². The third kappa shape index (κ3) is 0.750. The van der Waals surface area contributed by atoms with Gasteiger partial charge in [0.2, 0.25) is 0 Å². The van der Waals surface area contributed by atoms with Gasteiger partial charge >= 0.3 is 0 Å². The molecule has 1 N–H and O–H groups in total. The summed E-state index contributed by atoms with van der Waals surface area (Å²) in [6.07, 6.45) is 2.05. The highest BCUT2D eigenvalue weighted by molar-refractivity contribution is 5.30. The molecule has 11 heavy (non-hydrogen) atoms. The largest absolute Gasteiger partial charge is 0.389 e.